The standard InChI is InChI=1S/C48H43B2NOS/c1-46(2,3)26-14-16-29-31-18-21-40-42-44(31)51-43-33(41-34(50(51)35(29)23-26)19-17-32-30-12-10-11-13-38(30)52-45(32)41)22-28(48(7,8)9)25-37(43)49(42)36-24-27(47(4,5)6)15-20-39(36)53-40/h10-25H,1-9H3. The van der Waals surface area contributed by atoms with E-state index in [-0.39, 0.29) is 29.8 Å². The van der Waals surface area contributed by atoms with Crippen molar-refractivity contribution < 1.29 is 4.42 Å². The molecule has 0 saturated heterocycles. The fraction of sp³-hybridized carbons (Fsp3) is 0.250. The van der Waals surface area contributed by atoms with Crippen LogP contribution in [0.3, 0.4) is 0 Å². The number of rotatable bonds is 0. The number of para-hydroxylation sites is 1. The summed E-state index contributed by atoms with van der Waals surface area (Å²) >= 11 is 1.96. The van der Waals surface area contributed by atoms with Gasteiger partial charge in [0.05, 0.1) is 0 Å². The van der Waals surface area contributed by atoms with Gasteiger partial charge < -0.3 is 9.23 Å². The van der Waals surface area contributed by atoms with Crippen molar-refractivity contribution >= 4 is 85.9 Å². The van der Waals surface area contributed by atoms with Crippen molar-refractivity contribution in [2.24, 2.45) is 0 Å². The largest absolute Gasteiger partial charge is 0.455 e. The minimum absolute atomic E-state index is 0.0129. The van der Waals surface area contributed by atoms with Crippen LogP contribution in [-0.4, -0.2) is 13.6 Å². The molecule has 53 heavy (non-hydrogen) atoms. The normalized spacial score (nSPS) is 15.1. The Kier molecular flexibility index (Phi) is 6.09. The second kappa shape index (κ2) is 10.1. The predicted octanol–water partition coefficient (Wildman–Crippen LogP) is 9.68. The van der Waals surface area contributed by atoms with E-state index in [0.29, 0.717) is 0 Å². The highest BCUT2D eigenvalue weighted by atomic mass is 32.2. The van der Waals surface area contributed by atoms with Gasteiger partial charge in [0, 0.05) is 48.6 Å². The number of anilines is 2. The molecule has 1 aromatic heterocycles. The van der Waals surface area contributed by atoms with Crippen LogP contribution in [0, 0.1) is 0 Å². The van der Waals surface area contributed by atoms with Gasteiger partial charge in [0.15, 0.2) is 0 Å². The summed E-state index contributed by atoms with van der Waals surface area (Å²) in [4.78, 5) is 5.52. The third-order valence-corrected chi connectivity index (χ3v) is 13.7. The molecule has 0 aliphatic carbocycles. The minimum atomic E-state index is -0.0507. The van der Waals surface area contributed by atoms with Gasteiger partial charge in [0.1, 0.15) is 11.2 Å². The lowest BCUT2D eigenvalue weighted by molar-refractivity contribution is 0.590. The van der Waals surface area contributed by atoms with E-state index in [9.17, 15) is 0 Å². The van der Waals surface area contributed by atoms with E-state index in [2.05, 4.69) is 164 Å². The van der Waals surface area contributed by atoms with Crippen LogP contribution in [0.2, 0.25) is 0 Å². The fourth-order valence-electron chi connectivity index (χ4n) is 9.76. The van der Waals surface area contributed by atoms with E-state index < -0.39 is 0 Å². The van der Waals surface area contributed by atoms with Crippen LogP contribution < -0.4 is 32.1 Å². The molecule has 0 unspecified atom stereocenters. The number of furan rings is 1. The predicted molar refractivity (Wildman–Crippen MR) is 230 cm³/mol. The van der Waals surface area contributed by atoms with Crippen molar-refractivity contribution in [2.75, 3.05) is 4.81 Å². The second-order valence-electron chi connectivity index (χ2n) is 19.0. The molecule has 0 atom stereocenters. The molecule has 0 N–H and O–H groups in total. The minimum Gasteiger partial charge on any atom is -0.455 e. The third-order valence-electron chi connectivity index (χ3n) is 12.6. The Bertz CT molecular complexity index is 2790. The van der Waals surface area contributed by atoms with Gasteiger partial charge in [-0.1, -0.05) is 152 Å². The number of hydrogen-bond donors (Lipinski definition) is 0. The Labute approximate surface area is 318 Å². The molecule has 5 heteroatoms. The molecule has 7 aromatic rings. The zero-order valence-corrected chi connectivity index (χ0v) is 33.0. The second-order valence-corrected chi connectivity index (χ2v) is 20.0. The van der Waals surface area contributed by atoms with Crippen LogP contribution in [0.25, 0.3) is 44.2 Å². The van der Waals surface area contributed by atoms with E-state index in [4.69, 9.17) is 4.42 Å². The summed E-state index contributed by atoms with van der Waals surface area (Å²) in [5.41, 5.74) is 21.1. The molecule has 2 nitrogen and oxygen atoms in total. The summed E-state index contributed by atoms with van der Waals surface area (Å²) in [5.74, 6) is 0. The maximum Gasteiger partial charge on any atom is 0.329 e. The highest BCUT2D eigenvalue weighted by Gasteiger charge is 2.52. The monoisotopic (exact) mass is 703 g/mol. The van der Waals surface area contributed by atoms with Crippen LogP contribution in [0.4, 0.5) is 11.4 Å². The van der Waals surface area contributed by atoms with Gasteiger partial charge in [-0.2, -0.15) is 0 Å². The lowest BCUT2D eigenvalue weighted by Gasteiger charge is -2.50. The molecule has 0 fully saturated rings. The van der Waals surface area contributed by atoms with Crippen LogP contribution in [0.1, 0.15) is 79.0 Å². The lowest BCUT2D eigenvalue weighted by atomic mass is 9.31. The van der Waals surface area contributed by atoms with E-state index in [0.717, 1.165) is 11.2 Å². The molecule has 258 valence electrons. The zero-order valence-electron chi connectivity index (χ0n) is 32.2. The van der Waals surface area contributed by atoms with Gasteiger partial charge in [-0.25, -0.2) is 0 Å². The van der Waals surface area contributed by atoms with Crippen molar-refractivity contribution in [3.05, 3.63) is 114 Å². The van der Waals surface area contributed by atoms with Gasteiger partial charge in [-0.05, 0) is 84.6 Å². The molecule has 6 aromatic carbocycles. The zero-order chi connectivity index (χ0) is 36.5. The Morgan fingerprint density at radius 1 is 0.528 bits per heavy atom. The average Bonchev–Trinajstić information content (AvgIpc) is 3.50. The fourth-order valence-corrected chi connectivity index (χ4v) is 10.9. The molecular formula is C48H43B2NOS. The summed E-state index contributed by atoms with van der Waals surface area (Å²) in [6.07, 6.45) is 0. The first-order chi connectivity index (χ1) is 25.2. The summed E-state index contributed by atoms with van der Waals surface area (Å²) in [7, 11) is 0. The molecule has 0 bridgehead atoms. The summed E-state index contributed by atoms with van der Waals surface area (Å²) in [5, 5.41) is 2.37. The molecule has 4 aliphatic heterocycles. The molecule has 0 saturated carbocycles. The Balaban J connectivity index is 1.34. The van der Waals surface area contributed by atoms with Gasteiger partial charge in [-0.3, -0.25) is 0 Å². The van der Waals surface area contributed by atoms with Gasteiger partial charge in [0.25, 0.3) is 0 Å². The first kappa shape index (κ1) is 31.9. The highest BCUT2D eigenvalue weighted by Crippen LogP contribution is 2.52. The summed E-state index contributed by atoms with van der Waals surface area (Å²) in [6.45, 7) is 21.3. The lowest BCUT2D eigenvalue weighted by Crippen LogP contribution is -2.69. The number of nitrogens with zero attached hydrogens (tertiary/aromatic N) is 1. The highest BCUT2D eigenvalue weighted by molar-refractivity contribution is 8.00. The number of fused-ring (bicyclic) bond motifs is 13. The van der Waals surface area contributed by atoms with E-state index in [1.807, 2.05) is 11.8 Å². The molecule has 0 radical (unpaired) electrons. The first-order valence-corrected chi connectivity index (χ1v) is 20.1. The van der Waals surface area contributed by atoms with E-state index >= 15 is 0 Å². The SMILES string of the molecule is CC(C)(C)c1ccc2c(c1)B1c3cc(C(C)(C)C)cc4c3N3B(c5cc(C(C)(C)C)ccc5-c5ccc(c1c53)S2)c1ccc2c(oc3ccccc32)c1-4. The van der Waals surface area contributed by atoms with E-state index in [1.54, 1.807) is 0 Å². The van der Waals surface area contributed by atoms with Crippen LogP contribution in [0.15, 0.2) is 111 Å². The number of hydrogen-bond acceptors (Lipinski definition) is 3. The topological polar surface area (TPSA) is 16.4 Å². The molecule has 0 spiro atoms. The van der Waals surface area contributed by atoms with Crippen molar-refractivity contribution in [2.45, 2.75) is 88.3 Å². The van der Waals surface area contributed by atoms with Crippen molar-refractivity contribution in [1.82, 2.24) is 0 Å². The quantitative estimate of drug-likeness (QED) is 0.147. The van der Waals surface area contributed by atoms with Gasteiger partial charge in [-0.15, -0.1) is 0 Å². The van der Waals surface area contributed by atoms with Crippen molar-refractivity contribution in [1.29, 1.82) is 0 Å². The number of benzene rings is 6. The Morgan fingerprint density at radius 2 is 1.19 bits per heavy atom. The maximum atomic E-state index is 6.97. The Hall–Kier alpha value is -4.60. The van der Waals surface area contributed by atoms with Crippen LogP contribution in [-0.2, 0) is 16.2 Å². The van der Waals surface area contributed by atoms with Crippen molar-refractivity contribution in [3.63, 3.8) is 0 Å². The van der Waals surface area contributed by atoms with Crippen LogP contribution in [0.5, 0.6) is 0 Å². The smallest absolute Gasteiger partial charge is 0.329 e. The average molecular weight is 704 g/mol. The summed E-state index contributed by atoms with van der Waals surface area (Å²) in [6, 6.07) is 37.9. The molecular weight excluding hydrogens is 660 g/mol. The van der Waals surface area contributed by atoms with Gasteiger partial charge >= 0.3 is 6.85 Å². The summed E-state index contributed by atoms with van der Waals surface area (Å²) < 4.78 is 6.97. The molecule has 5 heterocycles. The van der Waals surface area contributed by atoms with Gasteiger partial charge in [0.2, 0.25) is 6.71 Å². The van der Waals surface area contributed by atoms with Crippen LogP contribution >= 0.6 is 11.8 Å². The molecule has 11 rings (SSSR count). The Morgan fingerprint density at radius 3 is 1.94 bits per heavy atom. The third kappa shape index (κ3) is 4.21. The van der Waals surface area contributed by atoms with E-state index in [1.165, 1.54) is 98.2 Å². The molecule has 4 aliphatic rings. The van der Waals surface area contributed by atoms with Crippen molar-refractivity contribution in [3.8, 4) is 22.3 Å². The molecule has 0 amide bonds. The first-order valence-electron chi connectivity index (χ1n) is 19.2. The maximum absolute atomic E-state index is 6.97.